The molecule has 0 fully saturated rings. The Morgan fingerprint density at radius 2 is 1.68 bits per heavy atom. The number of nitrogen functional groups attached to an aromatic ring is 1. The van der Waals surface area contributed by atoms with E-state index in [0.29, 0.717) is 18.0 Å². The Hall–Kier alpha value is -1.80. The van der Waals surface area contributed by atoms with E-state index in [-0.39, 0.29) is 0 Å². The maximum atomic E-state index is 10.2. The van der Waals surface area contributed by atoms with Gasteiger partial charge in [0.1, 0.15) is 0 Å². The quantitative estimate of drug-likeness (QED) is 0.819. The molecule has 0 saturated carbocycles. The van der Waals surface area contributed by atoms with Crippen LogP contribution in [0.2, 0.25) is 0 Å². The molecule has 0 radical (unpaired) electrons. The van der Waals surface area contributed by atoms with Crippen molar-refractivity contribution in [2.24, 2.45) is 0 Å². The molecule has 0 spiro atoms. The lowest BCUT2D eigenvalue weighted by Crippen LogP contribution is -2.02. The zero-order chi connectivity index (χ0) is 13.8. The zero-order valence-electron chi connectivity index (χ0n) is 11.5. The van der Waals surface area contributed by atoms with Crippen molar-refractivity contribution >= 4 is 5.69 Å². The van der Waals surface area contributed by atoms with E-state index in [1.165, 1.54) is 5.56 Å². The van der Waals surface area contributed by atoms with Crippen LogP contribution < -0.4 is 5.73 Å². The first-order valence-electron chi connectivity index (χ1n) is 6.68. The summed E-state index contributed by atoms with van der Waals surface area (Å²) in [5.41, 5.74) is 9.75. The number of benzene rings is 2. The van der Waals surface area contributed by atoms with E-state index in [1.807, 2.05) is 24.3 Å². The summed E-state index contributed by atoms with van der Waals surface area (Å²) >= 11 is 0. The average molecular weight is 255 g/mol. The van der Waals surface area contributed by atoms with Gasteiger partial charge in [-0.15, -0.1) is 0 Å². The largest absolute Gasteiger partial charge is 0.399 e. The second-order valence-electron chi connectivity index (χ2n) is 5.29. The third kappa shape index (κ3) is 3.58. The predicted octanol–water partition coefficient (Wildman–Crippen LogP) is 3.67. The smallest absolute Gasteiger partial charge is 0.0831 e. The molecule has 0 bridgehead atoms. The van der Waals surface area contributed by atoms with Crippen molar-refractivity contribution in [1.82, 2.24) is 0 Å². The summed E-state index contributed by atoms with van der Waals surface area (Å²) in [7, 11) is 0. The topological polar surface area (TPSA) is 46.2 Å². The second-order valence-corrected chi connectivity index (χ2v) is 5.29. The highest BCUT2D eigenvalue weighted by Gasteiger charge is 2.09. The third-order valence-electron chi connectivity index (χ3n) is 3.37. The molecule has 2 heteroatoms. The monoisotopic (exact) mass is 255 g/mol. The number of rotatable bonds is 4. The Morgan fingerprint density at radius 3 is 2.26 bits per heavy atom. The number of hydrogen-bond acceptors (Lipinski definition) is 2. The van der Waals surface area contributed by atoms with Crippen molar-refractivity contribution in [2.75, 3.05) is 5.73 Å². The van der Waals surface area contributed by atoms with Crippen LogP contribution in [-0.4, -0.2) is 5.11 Å². The summed E-state index contributed by atoms with van der Waals surface area (Å²) in [5, 5.41) is 10.2. The number of aliphatic hydroxyl groups excluding tert-OH is 1. The van der Waals surface area contributed by atoms with Crippen molar-refractivity contribution < 1.29 is 5.11 Å². The fourth-order valence-electron chi connectivity index (χ4n) is 2.15. The maximum absolute atomic E-state index is 10.2. The molecule has 0 saturated heterocycles. The molecule has 2 rings (SSSR count). The number of hydrogen-bond donors (Lipinski definition) is 2. The van der Waals surface area contributed by atoms with Gasteiger partial charge in [0.05, 0.1) is 6.10 Å². The molecular weight excluding hydrogens is 234 g/mol. The van der Waals surface area contributed by atoms with Crippen molar-refractivity contribution in [3.63, 3.8) is 0 Å². The van der Waals surface area contributed by atoms with E-state index in [4.69, 9.17) is 5.73 Å². The highest BCUT2D eigenvalue weighted by atomic mass is 16.3. The van der Waals surface area contributed by atoms with Gasteiger partial charge >= 0.3 is 0 Å². The van der Waals surface area contributed by atoms with Gasteiger partial charge in [-0.05, 0) is 34.7 Å². The molecule has 3 N–H and O–H groups in total. The van der Waals surface area contributed by atoms with Gasteiger partial charge in [-0.2, -0.15) is 0 Å². The molecule has 2 aromatic rings. The molecule has 1 unspecified atom stereocenters. The number of aliphatic hydroxyl groups is 1. The fraction of sp³-hybridized carbons (Fsp3) is 0.294. The Labute approximate surface area is 114 Å². The van der Waals surface area contributed by atoms with Crippen molar-refractivity contribution in [3.05, 3.63) is 65.2 Å². The first-order chi connectivity index (χ1) is 9.06. The first-order valence-corrected chi connectivity index (χ1v) is 6.68. The molecule has 0 amide bonds. The van der Waals surface area contributed by atoms with Crippen LogP contribution in [0.15, 0.2) is 48.5 Å². The van der Waals surface area contributed by atoms with Gasteiger partial charge < -0.3 is 10.8 Å². The third-order valence-corrected chi connectivity index (χ3v) is 3.37. The van der Waals surface area contributed by atoms with E-state index in [0.717, 1.165) is 11.1 Å². The highest BCUT2D eigenvalue weighted by molar-refractivity contribution is 5.41. The summed E-state index contributed by atoms with van der Waals surface area (Å²) in [4.78, 5) is 0. The summed E-state index contributed by atoms with van der Waals surface area (Å²) in [6.45, 7) is 4.35. The Kier molecular flexibility index (Phi) is 4.23. The molecule has 19 heavy (non-hydrogen) atoms. The summed E-state index contributed by atoms with van der Waals surface area (Å²) in [5.74, 6) is 0.535. The van der Waals surface area contributed by atoms with Crippen molar-refractivity contribution in [1.29, 1.82) is 0 Å². The van der Waals surface area contributed by atoms with Crippen LogP contribution in [0.3, 0.4) is 0 Å². The Bertz CT molecular complexity index is 531. The fourth-order valence-corrected chi connectivity index (χ4v) is 2.15. The van der Waals surface area contributed by atoms with E-state index in [2.05, 4.69) is 38.1 Å². The van der Waals surface area contributed by atoms with Crippen molar-refractivity contribution in [3.8, 4) is 0 Å². The molecule has 0 heterocycles. The van der Waals surface area contributed by atoms with Crippen LogP contribution >= 0.6 is 0 Å². The summed E-state index contributed by atoms with van der Waals surface area (Å²) in [6, 6.07) is 15.9. The lowest BCUT2D eigenvalue weighted by molar-refractivity contribution is 0.178. The molecule has 1 atom stereocenters. The molecule has 0 aliphatic rings. The first kappa shape index (κ1) is 13.6. The molecular formula is C17H21NO. The van der Waals surface area contributed by atoms with Gasteiger partial charge in [0.15, 0.2) is 0 Å². The second kappa shape index (κ2) is 5.89. The van der Waals surface area contributed by atoms with Crippen molar-refractivity contribution in [2.45, 2.75) is 32.3 Å². The highest BCUT2D eigenvalue weighted by Crippen LogP contribution is 2.21. The van der Waals surface area contributed by atoms with Gasteiger partial charge in [0.2, 0.25) is 0 Å². The summed E-state index contributed by atoms with van der Waals surface area (Å²) < 4.78 is 0. The normalized spacial score (nSPS) is 12.6. The van der Waals surface area contributed by atoms with Gasteiger partial charge in [-0.25, -0.2) is 0 Å². The van der Waals surface area contributed by atoms with Crippen LogP contribution in [0.1, 0.15) is 42.6 Å². The SMILES string of the molecule is CC(C)c1ccc(CC(O)c2cccc(N)c2)cc1. The van der Waals surface area contributed by atoms with Crippen LogP contribution in [0.5, 0.6) is 0 Å². The summed E-state index contributed by atoms with van der Waals surface area (Å²) in [6.07, 6.45) is 0.107. The van der Waals surface area contributed by atoms with E-state index in [1.54, 1.807) is 0 Å². The Morgan fingerprint density at radius 1 is 1.00 bits per heavy atom. The minimum Gasteiger partial charge on any atom is -0.399 e. The molecule has 0 aromatic heterocycles. The minimum absolute atomic E-state index is 0.506. The standard InChI is InChI=1S/C17H21NO/c1-12(2)14-8-6-13(7-9-14)10-17(19)15-4-3-5-16(18)11-15/h3-9,11-12,17,19H,10,18H2,1-2H3. The minimum atomic E-state index is -0.506. The molecule has 2 aromatic carbocycles. The maximum Gasteiger partial charge on any atom is 0.0831 e. The zero-order valence-corrected chi connectivity index (χ0v) is 11.5. The van der Waals surface area contributed by atoms with Gasteiger partial charge in [-0.3, -0.25) is 0 Å². The number of nitrogens with two attached hydrogens (primary N) is 1. The molecule has 0 aliphatic carbocycles. The molecule has 100 valence electrons. The molecule has 0 aliphatic heterocycles. The van der Waals surface area contributed by atoms with Gasteiger partial charge in [0.25, 0.3) is 0 Å². The van der Waals surface area contributed by atoms with Gasteiger partial charge in [-0.1, -0.05) is 50.2 Å². The van der Waals surface area contributed by atoms with Gasteiger partial charge in [0, 0.05) is 12.1 Å². The lowest BCUT2D eigenvalue weighted by atomic mass is 9.97. The Balaban J connectivity index is 2.08. The number of anilines is 1. The van der Waals surface area contributed by atoms with Crippen LogP contribution in [0.4, 0.5) is 5.69 Å². The van der Waals surface area contributed by atoms with E-state index < -0.39 is 6.10 Å². The predicted molar refractivity (Wildman–Crippen MR) is 80.0 cm³/mol. The molecule has 2 nitrogen and oxygen atoms in total. The average Bonchev–Trinajstić information content (AvgIpc) is 2.39. The lowest BCUT2D eigenvalue weighted by Gasteiger charge is -2.13. The van der Waals surface area contributed by atoms with Crippen LogP contribution in [0.25, 0.3) is 0 Å². The van der Waals surface area contributed by atoms with E-state index in [9.17, 15) is 5.11 Å². The van der Waals surface area contributed by atoms with E-state index >= 15 is 0 Å². The van der Waals surface area contributed by atoms with Crippen LogP contribution in [0, 0.1) is 0 Å². The van der Waals surface area contributed by atoms with Crippen LogP contribution in [-0.2, 0) is 6.42 Å².